The SMILES string of the molecule is C=C(C)C(=O)OCCOC(=O)/C(C#N)=C/c1ccc(N(c2ccc(/C(Cl)=C(\C#N)C(=O)OCC)cc2)c2ccc(/C(Cl)=C(\C#N)C(=O)OCC)cc2)cc1. The molecule has 0 fully saturated rings. The Bertz CT molecular complexity index is 2040. The first-order chi connectivity index (χ1) is 25.9. The van der Waals surface area contributed by atoms with Crippen LogP contribution in [-0.4, -0.2) is 50.3 Å². The van der Waals surface area contributed by atoms with Crippen LogP contribution in [-0.2, 0) is 38.1 Å². The molecule has 0 atom stereocenters. The van der Waals surface area contributed by atoms with Gasteiger partial charge < -0.3 is 23.8 Å². The first-order valence-electron chi connectivity index (χ1n) is 16.1. The van der Waals surface area contributed by atoms with E-state index >= 15 is 0 Å². The van der Waals surface area contributed by atoms with Gasteiger partial charge in [0.2, 0.25) is 0 Å². The Morgan fingerprint density at radius 2 is 1.02 bits per heavy atom. The quantitative estimate of drug-likeness (QED) is 0.0482. The maximum absolute atomic E-state index is 12.5. The van der Waals surface area contributed by atoms with Gasteiger partial charge in [-0.2, -0.15) is 15.8 Å². The Kier molecular flexibility index (Phi) is 15.8. The van der Waals surface area contributed by atoms with E-state index in [1.165, 1.54) is 13.0 Å². The van der Waals surface area contributed by atoms with E-state index in [-0.39, 0.29) is 58.8 Å². The normalized spacial score (nSPS) is 11.6. The van der Waals surface area contributed by atoms with Crippen molar-refractivity contribution >= 4 is 80.3 Å². The molecule has 0 aliphatic carbocycles. The number of nitrogens with zero attached hydrogens (tertiary/aromatic N) is 4. The zero-order chi connectivity index (χ0) is 39.8. The van der Waals surface area contributed by atoms with Crippen LogP contribution in [0, 0.1) is 34.0 Å². The zero-order valence-electron chi connectivity index (χ0n) is 29.4. The number of halogens is 2. The van der Waals surface area contributed by atoms with Gasteiger partial charge in [-0.25, -0.2) is 19.2 Å². The number of hydrogen-bond acceptors (Lipinski definition) is 12. The van der Waals surface area contributed by atoms with E-state index in [0.717, 1.165) is 0 Å². The molecule has 3 aromatic rings. The summed E-state index contributed by atoms with van der Waals surface area (Å²) in [5.74, 6) is -3.23. The highest BCUT2D eigenvalue weighted by Crippen LogP contribution is 2.37. The van der Waals surface area contributed by atoms with Crippen LogP contribution < -0.4 is 4.90 Å². The third kappa shape index (κ3) is 10.9. The molecule has 0 N–H and O–H groups in total. The Balaban J connectivity index is 2.03. The molecule has 0 spiro atoms. The van der Waals surface area contributed by atoms with E-state index in [4.69, 9.17) is 42.1 Å². The lowest BCUT2D eigenvalue weighted by atomic mass is 10.1. The Morgan fingerprint density at radius 1 is 0.630 bits per heavy atom. The van der Waals surface area contributed by atoms with Crippen molar-refractivity contribution in [3.63, 3.8) is 0 Å². The smallest absolute Gasteiger partial charge is 0.350 e. The van der Waals surface area contributed by atoms with Crippen molar-refractivity contribution in [1.82, 2.24) is 0 Å². The summed E-state index contributed by atoms with van der Waals surface area (Å²) in [7, 11) is 0. The standard InChI is InChI=1S/C40H32Cl2N4O8/c1-5-51-39(49)33(23-44)35(41)27-9-15-31(16-10-27)46(32-17-11-28(12-18-32)36(42)34(24-45)40(50)52-6-2)30-13-7-26(8-14-30)21-29(22-43)38(48)54-20-19-53-37(47)25(3)4/h7-18,21H,3,5-6,19-20H2,1-2,4H3/b29-21+,35-33-,36-34-. The number of ether oxygens (including phenoxy) is 4. The minimum atomic E-state index is -0.903. The molecule has 0 aliphatic rings. The van der Waals surface area contributed by atoms with Crippen LogP contribution in [0.2, 0.25) is 0 Å². The van der Waals surface area contributed by atoms with Crippen LogP contribution in [0.1, 0.15) is 37.5 Å². The maximum Gasteiger partial charge on any atom is 0.350 e. The van der Waals surface area contributed by atoms with Crippen molar-refractivity contribution in [2.75, 3.05) is 31.3 Å². The topological polar surface area (TPSA) is 180 Å². The number of nitriles is 3. The fourth-order valence-corrected chi connectivity index (χ4v) is 5.01. The minimum Gasteiger partial charge on any atom is -0.462 e. The lowest BCUT2D eigenvalue weighted by Crippen LogP contribution is -2.15. The first-order valence-corrected chi connectivity index (χ1v) is 16.8. The van der Waals surface area contributed by atoms with Crippen LogP contribution in [0.25, 0.3) is 16.1 Å². The van der Waals surface area contributed by atoms with Gasteiger partial charge in [0, 0.05) is 22.6 Å². The average Bonchev–Trinajstić information content (AvgIpc) is 3.17. The monoisotopic (exact) mass is 766 g/mol. The molecule has 12 nitrogen and oxygen atoms in total. The number of benzene rings is 3. The minimum absolute atomic E-state index is 0.0633. The second-order valence-electron chi connectivity index (χ2n) is 10.8. The molecule has 3 rings (SSSR count). The molecule has 0 saturated carbocycles. The Morgan fingerprint density at radius 3 is 1.37 bits per heavy atom. The van der Waals surface area contributed by atoms with Crippen molar-refractivity contribution in [3.05, 3.63) is 118 Å². The van der Waals surface area contributed by atoms with Gasteiger partial charge >= 0.3 is 23.9 Å². The molecule has 0 amide bonds. The number of rotatable bonds is 15. The van der Waals surface area contributed by atoms with Gasteiger partial charge in [-0.05, 0) is 79.9 Å². The van der Waals surface area contributed by atoms with Crippen molar-refractivity contribution in [2.24, 2.45) is 0 Å². The largest absolute Gasteiger partial charge is 0.462 e. The first kappa shape index (κ1) is 41.8. The van der Waals surface area contributed by atoms with Gasteiger partial charge in [0.1, 0.15) is 37.0 Å². The molecule has 0 radical (unpaired) electrons. The summed E-state index contributed by atoms with van der Waals surface area (Å²) in [4.78, 5) is 50.4. The van der Waals surface area contributed by atoms with Crippen LogP contribution in [0.3, 0.4) is 0 Å². The van der Waals surface area contributed by atoms with E-state index in [9.17, 15) is 35.0 Å². The highest BCUT2D eigenvalue weighted by Gasteiger charge is 2.20. The molecule has 0 bridgehead atoms. The zero-order valence-corrected chi connectivity index (χ0v) is 30.9. The molecule has 0 unspecified atom stereocenters. The molecule has 0 aromatic heterocycles. The highest BCUT2D eigenvalue weighted by molar-refractivity contribution is 6.52. The number of carbonyl (C=O) groups is 4. The highest BCUT2D eigenvalue weighted by atomic mass is 35.5. The van der Waals surface area contributed by atoms with Gasteiger partial charge in [0.05, 0.1) is 23.3 Å². The predicted octanol–water partition coefficient (Wildman–Crippen LogP) is 7.80. The molecule has 54 heavy (non-hydrogen) atoms. The van der Waals surface area contributed by atoms with E-state index < -0.39 is 23.9 Å². The van der Waals surface area contributed by atoms with Crippen molar-refractivity contribution in [2.45, 2.75) is 20.8 Å². The van der Waals surface area contributed by atoms with Crippen molar-refractivity contribution < 1.29 is 38.1 Å². The molecule has 0 heterocycles. The van der Waals surface area contributed by atoms with Crippen LogP contribution in [0.5, 0.6) is 0 Å². The fourth-order valence-electron chi connectivity index (χ4n) is 4.52. The lowest BCUT2D eigenvalue weighted by molar-refractivity contribution is -0.147. The third-order valence-electron chi connectivity index (χ3n) is 7.08. The molecule has 0 aliphatic heterocycles. The number of carbonyl (C=O) groups excluding carboxylic acids is 4. The molecule has 3 aromatic carbocycles. The van der Waals surface area contributed by atoms with Crippen LogP contribution in [0.15, 0.2) is 102 Å². The van der Waals surface area contributed by atoms with Gasteiger partial charge in [-0.15, -0.1) is 0 Å². The summed E-state index contributed by atoms with van der Waals surface area (Å²) in [6.07, 6.45) is 1.34. The summed E-state index contributed by atoms with van der Waals surface area (Å²) in [6.45, 7) is 7.83. The molecule has 274 valence electrons. The summed E-state index contributed by atoms with van der Waals surface area (Å²) in [5.41, 5.74) is 2.29. The average molecular weight is 768 g/mol. The van der Waals surface area contributed by atoms with Crippen molar-refractivity contribution in [3.8, 4) is 18.2 Å². The molecular formula is C40H32Cl2N4O8. The van der Waals surface area contributed by atoms with Gasteiger partial charge in [-0.1, -0.05) is 66.2 Å². The van der Waals surface area contributed by atoms with Gasteiger partial charge in [0.25, 0.3) is 0 Å². The van der Waals surface area contributed by atoms with Gasteiger partial charge in [-0.3, -0.25) is 0 Å². The number of hydrogen-bond donors (Lipinski definition) is 0. The summed E-state index contributed by atoms with van der Waals surface area (Å²) >= 11 is 12.9. The molecule has 0 saturated heterocycles. The summed E-state index contributed by atoms with van der Waals surface area (Å²) < 4.78 is 19.8. The van der Waals surface area contributed by atoms with E-state index in [2.05, 4.69) is 6.58 Å². The molecular weight excluding hydrogens is 735 g/mol. The fraction of sp³-hybridized carbons (Fsp3) is 0.175. The third-order valence-corrected chi connectivity index (χ3v) is 7.89. The second kappa shape index (κ2) is 20.4. The van der Waals surface area contributed by atoms with Crippen LogP contribution >= 0.6 is 23.2 Å². The number of anilines is 3. The Hall–Kier alpha value is -6.65. The summed E-state index contributed by atoms with van der Waals surface area (Å²) in [6, 6.07) is 25.5. The van der Waals surface area contributed by atoms with E-state index in [1.807, 2.05) is 11.0 Å². The predicted molar refractivity (Wildman–Crippen MR) is 201 cm³/mol. The van der Waals surface area contributed by atoms with E-state index in [1.54, 1.807) is 98.8 Å². The van der Waals surface area contributed by atoms with Crippen LogP contribution in [0.4, 0.5) is 17.1 Å². The van der Waals surface area contributed by atoms with Gasteiger partial charge in [0.15, 0.2) is 11.1 Å². The molecule has 14 heteroatoms. The second-order valence-corrected chi connectivity index (χ2v) is 11.5. The van der Waals surface area contributed by atoms with Crippen molar-refractivity contribution in [1.29, 1.82) is 15.8 Å². The Labute approximate surface area is 321 Å². The number of esters is 4. The van der Waals surface area contributed by atoms with E-state index in [0.29, 0.717) is 33.8 Å². The lowest BCUT2D eigenvalue weighted by Gasteiger charge is -2.26. The maximum atomic E-state index is 12.5. The summed E-state index contributed by atoms with van der Waals surface area (Å²) in [5, 5.41) is 28.5.